The van der Waals surface area contributed by atoms with Crippen LogP contribution in [0, 0.1) is 20.8 Å². The van der Waals surface area contributed by atoms with Crippen LogP contribution in [0.3, 0.4) is 0 Å². The lowest BCUT2D eigenvalue weighted by atomic mass is 10.1. The highest BCUT2D eigenvalue weighted by Gasteiger charge is 2.18. The van der Waals surface area contributed by atoms with Crippen molar-refractivity contribution in [2.75, 3.05) is 12.4 Å². The number of likely N-dealkylation sites (N-methyl/N-ethyl adjacent to an activating group) is 1. The molecule has 5 nitrogen and oxygen atoms in total. The highest BCUT2D eigenvalue weighted by molar-refractivity contribution is 6.06. The summed E-state index contributed by atoms with van der Waals surface area (Å²) in [5, 5.41) is 5.43. The Bertz CT molecular complexity index is 699. The average Bonchev–Trinajstić information content (AvgIpc) is 2.74. The van der Waals surface area contributed by atoms with Gasteiger partial charge in [-0.05, 0) is 38.5 Å². The van der Waals surface area contributed by atoms with E-state index < -0.39 is 0 Å². The van der Waals surface area contributed by atoms with Crippen molar-refractivity contribution in [1.29, 1.82) is 0 Å². The van der Waals surface area contributed by atoms with Gasteiger partial charge in [-0.3, -0.25) is 9.59 Å². The van der Waals surface area contributed by atoms with E-state index in [4.69, 9.17) is 4.42 Å². The smallest absolute Gasteiger partial charge is 0.259 e. The standard InChI is InChI=1S/C17H20N2O3/c1-10-11(2)22-12(3)16(10)17(21)19-14-7-5-13(6-8-14)9-15(20)18-4/h5-8H,9H2,1-4H3,(H,18,20)(H,19,21). The van der Waals surface area contributed by atoms with Gasteiger partial charge in [0.2, 0.25) is 5.91 Å². The number of benzene rings is 1. The number of nitrogens with one attached hydrogen (secondary N) is 2. The van der Waals surface area contributed by atoms with Crippen LogP contribution in [0.2, 0.25) is 0 Å². The topological polar surface area (TPSA) is 71.3 Å². The van der Waals surface area contributed by atoms with Gasteiger partial charge in [0.1, 0.15) is 11.5 Å². The Balaban J connectivity index is 2.10. The first kappa shape index (κ1) is 15.8. The third-order valence-corrected chi connectivity index (χ3v) is 3.64. The summed E-state index contributed by atoms with van der Waals surface area (Å²) in [6.07, 6.45) is 0.323. The summed E-state index contributed by atoms with van der Waals surface area (Å²) < 4.78 is 5.47. The highest BCUT2D eigenvalue weighted by Crippen LogP contribution is 2.22. The van der Waals surface area contributed by atoms with Crippen molar-refractivity contribution in [3.8, 4) is 0 Å². The molecule has 0 aliphatic rings. The predicted molar refractivity (Wildman–Crippen MR) is 85.1 cm³/mol. The Labute approximate surface area is 129 Å². The van der Waals surface area contributed by atoms with Crippen LogP contribution in [0.25, 0.3) is 0 Å². The first-order chi connectivity index (χ1) is 10.4. The fraction of sp³-hybridized carbons (Fsp3) is 0.294. The number of aryl methyl sites for hydroxylation is 2. The molecule has 0 aliphatic carbocycles. The van der Waals surface area contributed by atoms with Crippen LogP contribution in [0.4, 0.5) is 5.69 Å². The van der Waals surface area contributed by atoms with Crippen molar-refractivity contribution in [1.82, 2.24) is 5.32 Å². The van der Waals surface area contributed by atoms with Crippen molar-refractivity contribution in [2.45, 2.75) is 27.2 Å². The quantitative estimate of drug-likeness (QED) is 0.912. The fourth-order valence-corrected chi connectivity index (χ4v) is 2.30. The lowest BCUT2D eigenvalue weighted by Crippen LogP contribution is -2.19. The molecular formula is C17H20N2O3. The van der Waals surface area contributed by atoms with Gasteiger partial charge in [-0.1, -0.05) is 12.1 Å². The van der Waals surface area contributed by atoms with Crippen LogP contribution in [0.5, 0.6) is 0 Å². The van der Waals surface area contributed by atoms with Crippen molar-refractivity contribution in [3.05, 3.63) is 52.5 Å². The number of carbonyl (C=O) groups is 2. The van der Waals surface area contributed by atoms with Crippen molar-refractivity contribution < 1.29 is 14.0 Å². The number of hydrogen-bond donors (Lipinski definition) is 2. The van der Waals surface area contributed by atoms with E-state index in [9.17, 15) is 9.59 Å². The van der Waals surface area contributed by atoms with E-state index >= 15 is 0 Å². The number of anilines is 1. The van der Waals surface area contributed by atoms with Gasteiger partial charge in [0.05, 0.1) is 12.0 Å². The molecule has 2 aromatic rings. The zero-order valence-corrected chi connectivity index (χ0v) is 13.2. The Morgan fingerprint density at radius 1 is 1.05 bits per heavy atom. The molecule has 5 heteroatoms. The second-order valence-electron chi connectivity index (χ2n) is 5.22. The maximum absolute atomic E-state index is 12.3. The fourth-order valence-electron chi connectivity index (χ4n) is 2.30. The summed E-state index contributed by atoms with van der Waals surface area (Å²) in [5.74, 6) is 1.13. The van der Waals surface area contributed by atoms with E-state index in [1.807, 2.05) is 26.0 Å². The third kappa shape index (κ3) is 3.36. The molecule has 0 radical (unpaired) electrons. The molecule has 0 atom stereocenters. The Morgan fingerprint density at radius 3 is 2.18 bits per heavy atom. The minimum Gasteiger partial charge on any atom is -0.466 e. The normalized spacial score (nSPS) is 10.4. The minimum atomic E-state index is -0.189. The van der Waals surface area contributed by atoms with Crippen LogP contribution in [-0.4, -0.2) is 18.9 Å². The predicted octanol–water partition coefficient (Wildman–Crippen LogP) is 2.75. The summed E-state index contributed by atoms with van der Waals surface area (Å²) in [6, 6.07) is 7.22. The molecular weight excluding hydrogens is 280 g/mol. The molecule has 0 unspecified atom stereocenters. The second-order valence-corrected chi connectivity index (χ2v) is 5.22. The van der Waals surface area contributed by atoms with Crippen molar-refractivity contribution in [2.24, 2.45) is 0 Å². The van der Waals surface area contributed by atoms with E-state index in [-0.39, 0.29) is 11.8 Å². The molecule has 22 heavy (non-hydrogen) atoms. The van der Waals surface area contributed by atoms with Gasteiger partial charge >= 0.3 is 0 Å². The van der Waals surface area contributed by atoms with E-state index in [0.29, 0.717) is 23.4 Å². The number of carbonyl (C=O) groups excluding carboxylic acids is 2. The maximum atomic E-state index is 12.3. The highest BCUT2D eigenvalue weighted by atomic mass is 16.3. The molecule has 0 saturated carbocycles. The van der Waals surface area contributed by atoms with Gasteiger partial charge < -0.3 is 15.1 Å². The van der Waals surface area contributed by atoms with Gasteiger partial charge in [-0.15, -0.1) is 0 Å². The Kier molecular flexibility index (Phi) is 4.65. The molecule has 0 saturated heterocycles. The molecule has 2 N–H and O–H groups in total. The first-order valence-electron chi connectivity index (χ1n) is 7.09. The average molecular weight is 300 g/mol. The van der Waals surface area contributed by atoms with Gasteiger partial charge in [0, 0.05) is 18.3 Å². The molecule has 116 valence electrons. The van der Waals surface area contributed by atoms with E-state index in [0.717, 1.165) is 16.9 Å². The van der Waals surface area contributed by atoms with Crippen molar-refractivity contribution >= 4 is 17.5 Å². The number of furan rings is 1. The van der Waals surface area contributed by atoms with Gasteiger partial charge in [-0.2, -0.15) is 0 Å². The first-order valence-corrected chi connectivity index (χ1v) is 7.09. The van der Waals surface area contributed by atoms with Gasteiger partial charge in [-0.25, -0.2) is 0 Å². The number of rotatable bonds is 4. The molecule has 2 rings (SSSR count). The molecule has 1 aromatic heterocycles. The summed E-state index contributed by atoms with van der Waals surface area (Å²) >= 11 is 0. The summed E-state index contributed by atoms with van der Waals surface area (Å²) in [4.78, 5) is 23.7. The maximum Gasteiger partial charge on any atom is 0.259 e. The molecule has 0 aliphatic heterocycles. The molecule has 0 bridgehead atoms. The Morgan fingerprint density at radius 2 is 1.68 bits per heavy atom. The van der Waals surface area contributed by atoms with Crippen LogP contribution >= 0.6 is 0 Å². The largest absolute Gasteiger partial charge is 0.466 e. The van der Waals surface area contributed by atoms with Gasteiger partial charge in [0.15, 0.2) is 0 Å². The molecule has 1 heterocycles. The monoisotopic (exact) mass is 300 g/mol. The molecule has 0 spiro atoms. The molecule has 2 amide bonds. The van der Waals surface area contributed by atoms with Crippen molar-refractivity contribution in [3.63, 3.8) is 0 Å². The summed E-state index contributed by atoms with van der Waals surface area (Å²) in [5.41, 5.74) is 3.00. The van der Waals surface area contributed by atoms with E-state index in [1.165, 1.54) is 0 Å². The zero-order chi connectivity index (χ0) is 16.3. The van der Waals surface area contributed by atoms with Crippen LogP contribution in [0.1, 0.15) is 33.0 Å². The lowest BCUT2D eigenvalue weighted by molar-refractivity contribution is -0.119. The second kappa shape index (κ2) is 6.47. The van der Waals surface area contributed by atoms with Crippen LogP contribution < -0.4 is 10.6 Å². The Hall–Kier alpha value is -2.56. The minimum absolute atomic E-state index is 0.0445. The molecule has 0 fully saturated rings. The van der Waals surface area contributed by atoms with E-state index in [1.54, 1.807) is 26.1 Å². The summed E-state index contributed by atoms with van der Waals surface area (Å²) in [7, 11) is 1.61. The number of amides is 2. The summed E-state index contributed by atoms with van der Waals surface area (Å²) in [6.45, 7) is 5.49. The van der Waals surface area contributed by atoms with Crippen LogP contribution in [-0.2, 0) is 11.2 Å². The third-order valence-electron chi connectivity index (χ3n) is 3.64. The zero-order valence-electron chi connectivity index (χ0n) is 13.2. The van der Waals surface area contributed by atoms with Gasteiger partial charge in [0.25, 0.3) is 5.91 Å². The lowest BCUT2D eigenvalue weighted by Gasteiger charge is -2.07. The number of hydrogen-bond acceptors (Lipinski definition) is 3. The molecule has 1 aromatic carbocycles. The van der Waals surface area contributed by atoms with Crippen LogP contribution in [0.15, 0.2) is 28.7 Å². The van der Waals surface area contributed by atoms with E-state index in [2.05, 4.69) is 10.6 Å². The SMILES string of the molecule is CNC(=O)Cc1ccc(NC(=O)c2c(C)oc(C)c2C)cc1.